The Labute approximate surface area is 183 Å². The molecule has 0 radical (unpaired) electrons. The van der Waals surface area contributed by atoms with Crippen LogP contribution in [0.5, 0.6) is 0 Å². The molecule has 1 unspecified atom stereocenters. The van der Waals surface area contributed by atoms with Crippen LogP contribution in [0.15, 0.2) is 59.6 Å². The first kappa shape index (κ1) is 21.0. The number of carbonyl (C=O) groups excluding carboxylic acids is 1. The van der Waals surface area contributed by atoms with Crippen molar-refractivity contribution in [3.8, 4) is 0 Å². The SMILES string of the molecule is CN1C(=O)C(Cc2ccccc2)=NC(c2cccc(Cl)c2)N1CCN1CCNCC1. The van der Waals surface area contributed by atoms with Crippen LogP contribution in [0.3, 0.4) is 0 Å². The highest BCUT2D eigenvalue weighted by Crippen LogP contribution is 2.29. The summed E-state index contributed by atoms with van der Waals surface area (Å²) in [6.45, 7) is 5.67. The lowest BCUT2D eigenvalue weighted by molar-refractivity contribution is -0.145. The van der Waals surface area contributed by atoms with E-state index in [-0.39, 0.29) is 12.1 Å². The first-order valence-corrected chi connectivity index (χ1v) is 10.8. The average molecular weight is 426 g/mol. The van der Waals surface area contributed by atoms with Crippen LogP contribution in [-0.4, -0.2) is 72.9 Å². The molecule has 0 aliphatic carbocycles. The molecule has 7 heteroatoms. The van der Waals surface area contributed by atoms with Gasteiger partial charge in [0.1, 0.15) is 11.9 Å². The summed E-state index contributed by atoms with van der Waals surface area (Å²) in [5.74, 6) is -0.0440. The Hall–Kier alpha value is -2.25. The van der Waals surface area contributed by atoms with Gasteiger partial charge in [-0.2, -0.15) is 5.01 Å². The van der Waals surface area contributed by atoms with Crippen LogP contribution in [0.25, 0.3) is 0 Å². The van der Waals surface area contributed by atoms with E-state index in [0.29, 0.717) is 17.2 Å². The average Bonchev–Trinajstić information content (AvgIpc) is 2.77. The van der Waals surface area contributed by atoms with Crippen LogP contribution in [0.2, 0.25) is 5.02 Å². The van der Waals surface area contributed by atoms with Gasteiger partial charge in [0.25, 0.3) is 5.91 Å². The van der Waals surface area contributed by atoms with Crippen molar-refractivity contribution in [2.45, 2.75) is 12.6 Å². The summed E-state index contributed by atoms with van der Waals surface area (Å²) in [5.41, 5.74) is 2.65. The molecule has 1 N–H and O–H groups in total. The number of aliphatic imine (C=N–C) groups is 1. The summed E-state index contributed by atoms with van der Waals surface area (Å²) in [5, 5.41) is 7.85. The smallest absolute Gasteiger partial charge is 0.282 e. The molecule has 1 atom stereocenters. The lowest BCUT2D eigenvalue weighted by Crippen LogP contribution is -2.55. The van der Waals surface area contributed by atoms with Gasteiger partial charge in [-0.15, -0.1) is 0 Å². The molecule has 0 spiro atoms. The summed E-state index contributed by atoms with van der Waals surface area (Å²) in [4.78, 5) is 20.5. The number of carbonyl (C=O) groups is 1. The monoisotopic (exact) mass is 425 g/mol. The molecule has 2 aliphatic heterocycles. The fourth-order valence-corrected chi connectivity index (χ4v) is 4.21. The topological polar surface area (TPSA) is 51.2 Å². The van der Waals surface area contributed by atoms with Crippen molar-refractivity contribution in [1.29, 1.82) is 0 Å². The molecule has 2 aliphatic rings. The minimum atomic E-state index is -0.270. The molecule has 2 heterocycles. The number of hydrogen-bond acceptors (Lipinski definition) is 5. The lowest BCUT2D eigenvalue weighted by Gasteiger charge is -2.41. The molecule has 1 fully saturated rings. The summed E-state index contributed by atoms with van der Waals surface area (Å²) < 4.78 is 0. The normalized spacial score (nSPS) is 21.0. The number of nitrogens with zero attached hydrogens (tertiary/aromatic N) is 4. The number of amides is 1. The number of piperazine rings is 1. The van der Waals surface area contributed by atoms with Crippen LogP contribution in [0.4, 0.5) is 0 Å². The minimum absolute atomic E-state index is 0.0440. The minimum Gasteiger partial charge on any atom is -0.314 e. The van der Waals surface area contributed by atoms with E-state index in [4.69, 9.17) is 16.6 Å². The Morgan fingerprint density at radius 3 is 2.57 bits per heavy atom. The van der Waals surface area contributed by atoms with Gasteiger partial charge in [0.05, 0.1) is 0 Å². The van der Waals surface area contributed by atoms with Crippen molar-refractivity contribution in [3.05, 3.63) is 70.7 Å². The summed E-state index contributed by atoms with van der Waals surface area (Å²) in [6.07, 6.45) is 0.250. The highest BCUT2D eigenvalue weighted by Gasteiger charge is 2.34. The number of nitrogens with one attached hydrogen (secondary N) is 1. The van der Waals surface area contributed by atoms with Crippen LogP contribution < -0.4 is 5.32 Å². The Morgan fingerprint density at radius 2 is 1.83 bits per heavy atom. The Bertz CT molecular complexity index is 897. The number of hydrogen-bond donors (Lipinski definition) is 1. The molecule has 6 nitrogen and oxygen atoms in total. The Kier molecular flexibility index (Phi) is 6.79. The van der Waals surface area contributed by atoms with E-state index in [1.54, 1.807) is 5.01 Å². The van der Waals surface area contributed by atoms with E-state index in [9.17, 15) is 4.79 Å². The third kappa shape index (κ3) is 4.90. The van der Waals surface area contributed by atoms with E-state index in [1.165, 1.54) is 0 Å². The summed E-state index contributed by atoms with van der Waals surface area (Å²) in [6, 6.07) is 17.8. The molecule has 0 aromatic heterocycles. The fourth-order valence-electron chi connectivity index (χ4n) is 4.01. The number of halogens is 1. The lowest BCUT2D eigenvalue weighted by atomic mass is 10.1. The van der Waals surface area contributed by atoms with E-state index in [0.717, 1.165) is 50.4 Å². The van der Waals surface area contributed by atoms with Crippen molar-refractivity contribution >= 4 is 23.2 Å². The summed E-state index contributed by atoms with van der Waals surface area (Å²) in [7, 11) is 1.84. The highest BCUT2D eigenvalue weighted by molar-refractivity contribution is 6.39. The standard InChI is InChI=1S/C23H28ClN5O/c1-27-23(30)21(16-18-6-3-2-4-7-18)26-22(19-8-5-9-20(24)17-19)29(27)15-14-28-12-10-25-11-13-28/h2-9,17,22,25H,10-16H2,1H3. The molecular weight excluding hydrogens is 398 g/mol. The van der Waals surface area contributed by atoms with Crippen molar-refractivity contribution < 1.29 is 4.79 Å². The van der Waals surface area contributed by atoms with Crippen molar-refractivity contribution in [2.75, 3.05) is 46.3 Å². The maximum Gasteiger partial charge on any atom is 0.282 e. The van der Waals surface area contributed by atoms with Crippen LogP contribution in [0.1, 0.15) is 17.3 Å². The maximum absolute atomic E-state index is 13.1. The molecule has 2 aromatic rings. The predicted octanol–water partition coefficient (Wildman–Crippen LogP) is 2.62. The molecule has 0 bridgehead atoms. The van der Waals surface area contributed by atoms with Crippen molar-refractivity contribution in [3.63, 3.8) is 0 Å². The van der Waals surface area contributed by atoms with Gasteiger partial charge in [-0.3, -0.25) is 19.7 Å². The maximum atomic E-state index is 13.1. The van der Waals surface area contributed by atoms with Gasteiger partial charge >= 0.3 is 0 Å². The predicted molar refractivity (Wildman–Crippen MR) is 121 cm³/mol. The zero-order chi connectivity index (χ0) is 20.9. The quantitative estimate of drug-likeness (QED) is 0.773. The van der Waals surface area contributed by atoms with Crippen molar-refractivity contribution in [1.82, 2.24) is 20.2 Å². The molecular formula is C23H28ClN5O. The zero-order valence-corrected chi connectivity index (χ0v) is 18.1. The number of rotatable bonds is 6. The van der Waals surface area contributed by atoms with E-state index < -0.39 is 0 Å². The molecule has 4 rings (SSSR count). The summed E-state index contributed by atoms with van der Waals surface area (Å²) >= 11 is 6.28. The first-order valence-electron chi connectivity index (χ1n) is 10.5. The van der Waals surface area contributed by atoms with Gasteiger partial charge < -0.3 is 5.32 Å². The second-order valence-electron chi connectivity index (χ2n) is 7.75. The third-order valence-corrected chi connectivity index (χ3v) is 5.94. The molecule has 2 aromatic carbocycles. The third-order valence-electron chi connectivity index (χ3n) is 5.70. The largest absolute Gasteiger partial charge is 0.314 e. The van der Waals surface area contributed by atoms with Gasteiger partial charge in [0.2, 0.25) is 0 Å². The second-order valence-corrected chi connectivity index (χ2v) is 8.19. The second kappa shape index (κ2) is 9.71. The van der Waals surface area contributed by atoms with Crippen molar-refractivity contribution in [2.24, 2.45) is 4.99 Å². The zero-order valence-electron chi connectivity index (χ0n) is 17.3. The molecule has 0 saturated carbocycles. The van der Waals surface area contributed by atoms with Gasteiger partial charge in [0, 0.05) is 57.8 Å². The van der Waals surface area contributed by atoms with Gasteiger partial charge in [-0.1, -0.05) is 54.1 Å². The highest BCUT2D eigenvalue weighted by atomic mass is 35.5. The van der Waals surface area contributed by atoms with Crippen LogP contribution >= 0.6 is 11.6 Å². The first-order chi connectivity index (χ1) is 14.6. The number of benzene rings is 2. The van der Waals surface area contributed by atoms with Crippen LogP contribution in [-0.2, 0) is 11.2 Å². The van der Waals surface area contributed by atoms with Gasteiger partial charge in [0.15, 0.2) is 0 Å². The molecule has 1 saturated heterocycles. The van der Waals surface area contributed by atoms with Gasteiger partial charge in [-0.25, -0.2) is 0 Å². The van der Waals surface area contributed by atoms with E-state index >= 15 is 0 Å². The molecule has 1 amide bonds. The van der Waals surface area contributed by atoms with E-state index in [1.807, 2.05) is 61.6 Å². The van der Waals surface area contributed by atoms with Gasteiger partial charge in [-0.05, 0) is 23.3 Å². The molecule has 30 heavy (non-hydrogen) atoms. The van der Waals surface area contributed by atoms with Crippen LogP contribution in [0, 0.1) is 0 Å². The Morgan fingerprint density at radius 1 is 1.07 bits per heavy atom. The van der Waals surface area contributed by atoms with E-state index in [2.05, 4.69) is 15.2 Å². The molecule has 158 valence electrons. The Balaban J connectivity index is 1.61. The fraction of sp³-hybridized carbons (Fsp3) is 0.391. The number of hydrazine groups is 1.